The normalized spacial score (nSPS) is 19.6. The molecule has 1 aromatic heterocycles. The highest BCUT2D eigenvalue weighted by atomic mass is 16.5. The van der Waals surface area contributed by atoms with Gasteiger partial charge in [0.15, 0.2) is 5.69 Å². The fourth-order valence-corrected chi connectivity index (χ4v) is 2.13. The van der Waals surface area contributed by atoms with E-state index in [0.717, 1.165) is 25.5 Å². The van der Waals surface area contributed by atoms with E-state index in [1.165, 1.54) is 13.3 Å². The Morgan fingerprint density at radius 2 is 2.26 bits per heavy atom. The summed E-state index contributed by atoms with van der Waals surface area (Å²) in [5, 5.41) is 3.49. The Morgan fingerprint density at radius 3 is 2.84 bits per heavy atom. The highest BCUT2D eigenvalue weighted by Gasteiger charge is 2.23. The maximum Gasteiger partial charge on any atom is 0.358 e. The van der Waals surface area contributed by atoms with E-state index in [1.807, 2.05) is 0 Å². The molecule has 0 spiro atoms. The average Bonchev–Trinajstić information content (AvgIpc) is 2.46. The van der Waals surface area contributed by atoms with Crippen LogP contribution in [0.2, 0.25) is 0 Å². The Labute approximate surface area is 113 Å². The Kier molecular flexibility index (Phi) is 4.31. The molecule has 2 heterocycles. The number of piperazine rings is 1. The third-order valence-corrected chi connectivity index (χ3v) is 3.37. The minimum atomic E-state index is -0.459. The molecule has 1 unspecified atom stereocenters. The highest BCUT2D eigenvalue weighted by Crippen LogP contribution is 2.15. The van der Waals surface area contributed by atoms with Crippen LogP contribution in [0.15, 0.2) is 12.4 Å². The Morgan fingerprint density at radius 1 is 1.47 bits per heavy atom. The maximum absolute atomic E-state index is 11.3. The zero-order chi connectivity index (χ0) is 13.8. The van der Waals surface area contributed by atoms with Crippen molar-refractivity contribution in [2.75, 3.05) is 31.6 Å². The van der Waals surface area contributed by atoms with Crippen molar-refractivity contribution in [2.24, 2.45) is 5.92 Å². The molecule has 19 heavy (non-hydrogen) atoms. The number of hydrogen-bond donors (Lipinski definition) is 1. The van der Waals surface area contributed by atoms with Gasteiger partial charge >= 0.3 is 5.97 Å². The Balaban J connectivity index is 2.07. The first-order chi connectivity index (χ1) is 9.11. The molecular formula is C13H20N4O2. The monoisotopic (exact) mass is 264 g/mol. The third-order valence-electron chi connectivity index (χ3n) is 3.37. The van der Waals surface area contributed by atoms with E-state index in [2.05, 4.69) is 38.8 Å². The lowest BCUT2D eigenvalue weighted by molar-refractivity contribution is 0.0593. The average molecular weight is 264 g/mol. The molecule has 0 amide bonds. The molecule has 2 rings (SSSR count). The summed E-state index contributed by atoms with van der Waals surface area (Å²) < 4.78 is 4.61. The van der Waals surface area contributed by atoms with Crippen molar-refractivity contribution in [3.05, 3.63) is 18.1 Å². The van der Waals surface area contributed by atoms with E-state index in [0.29, 0.717) is 12.0 Å². The zero-order valence-corrected chi connectivity index (χ0v) is 11.6. The number of carbonyl (C=O) groups is 1. The standard InChI is InChI=1S/C13H20N4O2/c1-9(2)11-8-17(5-4-14-11)12-7-15-10(6-16-12)13(18)19-3/h6-7,9,11,14H,4-5,8H2,1-3H3. The van der Waals surface area contributed by atoms with Crippen LogP contribution in [0.1, 0.15) is 24.3 Å². The second kappa shape index (κ2) is 5.97. The van der Waals surface area contributed by atoms with Gasteiger partial charge in [-0.1, -0.05) is 13.8 Å². The van der Waals surface area contributed by atoms with E-state index in [-0.39, 0.29) is 5.69 Å². The number of hydrogen-bond acceptors (Lipinski definition) is 6. The summed E-state index contributed by atoms with van der Waals surface area (Å²) in [5.41, 5.74) is 0.238. The van der Waals surface area contributed by atoms with E-state index in [1.54, 1.807) is 6.20 Å². The maximum atomic E-state index is 11.3. The molecular weight excluding hydrogens is 244 g/mol. The molecule has 1 saturated heterocycles. The van der Waals surface area contributed by atoms with Gasteiger partial charge in [0, 0.05) is 25.7 Å². The molecule has 0 radical (unpaired) electrons. The van der Waals surface area contributed by atoms with Crippen LogP contribution in [0.4, 0.5) is 5.82 Å². The molecule has 1 aromatic rings. The summed E-state index contributed by atoms with van der Waals surface area (Å²) in [5.74, 6) is 0.921. The number of anilines is 1. The molecule has 0 saturated carbocycles. The quantitative estimate of drug-likeness (QED) is 0.811. The summed E-state index contributed by atoms with van der Waals surface area (Å²) in [6.45, 7) is 7.14. The topological polar surface area (TPSA) is 67.3 Å². The summed E-state index contributed by atoms with van der Waals surface area (Å²) >= 11 is 0. The smallest absolute Gasteiger partial charge is 0.358 e. The lowest BCUT2D eigenvalue weighted by Gasteiger charge is -2.36. The number of rotatable bonds is 3. The fourth-order valence-electron chi connectivity index (χ4n) is 2.13. The van der Waals surface area contributed by atoms with Crippen molar-refractivity contribution in [1.29, 1.82) is 0 Å². The van der Waals surface area contributed by atoms with Crippen LogP contribution in [0.3, 0.4) is 0 Å². The SMILES string of the molecule is COC(=O)c1cnc(N2CCNC(C(C)C)C2)cn1. The lowest BCUT2D eigenvalue weighted by Crippen LogP contribution is -2.53. The van der Waals surface area contributed by atoms with E-state index in [9.17, 15) is 4.79 Å². The lowest BCUT2D eigenvalue weighted by atomic mass is 10.0. The van der Waals surface area contributed by atoms with Gasteiger partial charge in [-0.05, 0) is 5.92 Å². The van der Waals surface area contributed by atoms with Crippen LogP contribution >= 0.6 is 0 Å². The molecule has 6 heteroatoms. The van der Waals surface area contributed by atoms with Crippen LogP contribution in [-0.2, 0) is 4.74 Å². The highest BCUT2D eigenvalue weighted by molar-refractivity contribution is 5.86. The minimum absolute atomic E-state index is 0.238. The molecule has 104 valence electrons. The molecule has 1 N–H and O–H groups in total. The van der Waals surface area contributed by atoms with Crippen molar-refractivity contribution >= 4 is 11.8 Å². The van der Waals surface area contributed by atoms with Crippen LogP contribution in [0.5, 0.6) is 0 Å². The molecule has 1 fully saturated rings. The predicted octanol–water partition coefficient (Wildman–Crippen LogP) is 0.697. The number of carbonyl (C=O) groups excluding carboxylic acids is 1. The van der Waals surface area contributed by atoms with Crippen molar-refractivity contribution in [3.63, 3.8) is 0 Å². The minimum Gasteiger partial charge on any atom is -0.464 e. The van der Waals surface area contributed by atoms with Gasteiger partial charge in [0.05, 0.1) is 19.5 Å². The van der Waals surface area contributed by atoms with Crippen molar-refractivity contribution in [1.82, 2.24) is 15.3 Å². The van der Waals surface area contributed by atoms with Crippen LogP contribution in [-0.4, -0.2) is 48.7 Å². The van der Waals surface area contributed by atoms with Gasteiger partial charge in [-0.15, -0.1) is 0 Å². The molecule has 6 nitrogen and oxygen atoms in total. The summed E-state index contributed by atoms with van der Waals surface area (Å²) in [7, 11) is 1.33. The van der Waals surface area contributed by atoms with Gasteiger partial charge in [0.25, 0.3) is 0 Å². The number of esters is 1. The molecule has 0 aliphatic carbocycles. The zero-order valence-electron chi connectivity index (χ0n) is 11.6. The van der Waals surface area contributed by atoms with E-state index in [4.69, 9.17) is 0 Å². The summed E-state index contributed by atoms with van der Waals surface area (Å²) in [6.07, 6.45) is 3.10. The van der Waals surface area contributed by atoms with Gasteiger partial charge in [-0.2, -0.15) is 0 Å². The molecule has 0 bridgehead atoms. The van der Waals surface area contributed by atoms with Gasteiger partial charge in [-0.3, -0.25) is 0 Å². The summed E-state index contributed by atoms with van der Waals surface area (Å²) in [6, 6.07) is 0.454. The molecule has 1 aliphatic heterocycles. The van der Waals surface area contributed by atoms with Crippen LogP contribution in [0, 0.1) is 5.92 Å². The third kappa shape index (κ3) is 3.20. The number of nitrogens with one attached hydrogen (secondary N) is 1. The number of ether oxygens (including phenoxy) is 1. The van der Waals surface area contributed by atoms with Gasteiger partial charge in [0.1, 0.15) is 5.82 Å². The van der Waals surface area contributed by atoms with Crippen molar-refractivity contribution < 1.29 is 9.53 Å². The number of aromatic nitrogens is 2. The molecule has 1 aliphatic rings. The number of methoxy groups -OCH3 is 1. The van der Waals surface area contributed by atoms with Crippen molar-refractivity contribution in [3.8, 4) is 0 Å². The van der Waals surface area contributed by atoms with E-state index < -0.39 is 5.97 Å². The van der Waals surface area contributed by atoms with E-state index >= 15 is 0 Å². The molecule has 1 atom stereocenters. The van der Waals surface area contributed by atoms with Crippen molar-refractivity contribution in [2.45, 2.75) is 19.9 Å². The predicted molar refractivity (Wildman–Crippen MR) is 72.2 cm³/mol. The fraction of sp³-hybridized carbons (Fsp3) is 0.615. The first-order valence-corrected chi connectivity index (χ1v) is 6.50. The Hall–Kier alpha value is -1.69. The van der Waals surface area contributed by atoms with Gasteiger partial charge in [-0.25, -0.2) is 14.8 Å². The first-order valence-electron chi connectivity index (χ1n) is 6.50. The van der Waals surface area contributed by atoms with Gasteiger partial charge in [0.2, 0.25) is 0 Å². The second-order valence-electron chi connectivity index (χ2n) is 5.00. The van der Waals surface area contributed by atoms with Gasteiger partial charge < -0.3 is 15.0 Å². The van der Waals surface area contributed by atoms with Crippen LogP contribution in [0.25, 0.3) is 0 Å². The number of nitrogens with zero attached hydrogens (tertiary/aromatic N) is 3. The Bertz CT molecular complexity index is 433. The first kappa shape index (κ1) is 13.7. The van der Waals surface area contributed by atoms with Crippen LogP contribution < -0.4 is 10.2 Å². The largest absolute Gasteiger partial charge is 0.464 e. The second-order valence-corrected chi connectivity index (χ2v) is 5.00. The summed E-state index contributed by atoms with van der Waals surface area (Å²) in [4.78, 5) is 21.9. The molecule has 0 aromatic carbocycles.